The zero-order chi connectivity index (χ0) is 25.3. The molecule has 0 saturated carbocycles. The molecular formula is C27H35ClN3O2P. The molecule has 0 spiro atoms. The number of nitrogens with one attached hydrogen (secondary N) is 1. The lowest BCUT2D eigenvalue weighted by Crippen LogP contribution is -2.53. The Labute approximate surface area is 210 Å². The number of nitrogens with zero attached hydrogens (tertiary/aromatic N) is 2. The number of amides is 1. The Balaban J connectivity index is 2.14. The van der Waals surface area contributed by atoms with Crippen molar-refractivity contribution in [2.45, 2.75) is 58.9 Å². The van der Waals surface area contributed by atoms with Gasteiger partial charge < -0.3 is 14.6 Å². The molecule has 0 aliphatic carbocycles. The van der Waals surface area contributed by atoms with Gasteiger partial charge in [0.05, 0.1) is 11.2 Å². The lowest BCUT2D eigenvalue weighted by Gasteiger charge is -2.38. The topological polar surface area (TPSA) is 58.4 Å². The lowest BCUT2D eigenvalue weighted by molar-refractivity contribution is 0.0522. The predicted molar refractivity (Wildman–Crippen MR) is 146 cm³/mol. The van der Waals surface area contributed by atoms with E-state index >= 15 is 0 Å². The Bertz CT molecular complexity index is 1210. The van der Waals surface area contributed by atoms with Gasteiger partial charge in [0, 0.05) is 35.3 Å². The number of benzene rings is 1. The van der Waals surface area contributed by atoms with Gasteiger partial charge in [0.15, 0.2) is 11.3 Å². The molecule has 1 unspecified atom stereocenters. The molecule has 0 aliphatic rings. The molecule has 0 radical (unpaired) electrons. The maximum absolute atomic E-state index is 13.6. The van der Waals surface area contributed by atoms with Crippen LogP contribution < -0.4 is 10.6 Å². The minimum atomic E-state index is -0.426. The summed E-state index contributed by atoms with van der Waals surface area (Å²) >= 11 is 6.22. The summed E-state index contributed by atoms with van der Waals surface area (Å²) in [7, 11) is 2.66. The van der Waals surface area contributed by atoms with Gasteiger partial charge in [0.25, 0.3) is 5.91 Å². The van der Waals surface area contributed by atoms with E-state index in [9.17, 15) is 4.79 Å². The van der Waals surface area contributed by atoms with E-state index in [1.54, 1.807) is 12.3 Å². The van der Waals surface area contributed by atoms with Crippen LogP contribution in [0.1, 0.15) is 64.1 Å². The fourth-order valence-electron chi connectivity index (χ4n) is 3.99. The first-order valence-corrected chi connectivity index (χ1v) is 12.5. The van der Waals surface area contributed by atoms with Gasteiger partial charge in [-0.2, -0.15) is 0 Å². The predicted octanol–water partition coefficient (Wildman–Crippen LogP) is 6.31. The fourth-order valence-corrected chi connectivity index (χ4v) is 4.38. The highest BCUT2D eigenvalue weighted by Gasteiger charge is 2.33. The number of carbonyl (C=O) groups excluding carboxylic acids is 1. The molecule has 3 aromatic rings. The second-order valence-electron chi connectivity index (χ2n) is 10.2. The van der Waals surface area contributed by atoms with Crippen LogP contribution in [0, 0.1) is 0 Å². The van der Waals surface area contributed by atoms with Crippen LogP contribution in [0.4, 0.5) is 0 Å². The molecule has 0 aliphatic heterocycles. The van der Waals surface area contributed by atoms with E-state index in [4.69, 9.17) is 21.0 Å². The van der Waals surface area contributed by atoms with Crippen LogP contribution in [-0.2, 0) is 5.41 Å². The summed E-state index contributed by atoms with van der Waals surface area (Å²) in [6.45, 7) is 17.5. The molecule has 1 atom stereocenters. The zero-order valence-corrected chi connectivity index (χ0v) is 22.9. The third kappa shape index (κ3) is 5.47. The highest BCUT2D eigenvalue weighted by molar-refractivity contribution is 7.28. The molecule has 0 bridgehead atoms. The van der Waals surface area contributed by atoms with Crippen molar-refractivity contribution in [1.29, 1.82) is 0 Å². The fraction of sp³-hybridized carbons (Fsp3) is 0.407. The van der Waals surface area contributed by atoms with Gasteiger partial charge in [-0.15, -0.1) is 9.24 Å². The van der Waals surface area contributed by atoms with Gasteiger partial charge in [-0.3, -0.25) is 4.79 Å². The number of rotatable bonds is 8. The summed E-state index contributed by atoms with van der Waals surface area (Å²) < 4.78 is 6.23. The van der Waals surface area contributed by atoms with Crippen LogP contribution in [-0.4, -0.2) is 34.4 Å². The van der Waals surface area contributed by atoms with E-state index < -0.39 is 5.54 Å². The van der Waals surface area contributed by atoms with Crippen molar-refractivity contribution in [2.24, 2.45) is 0 Å². The second kappa shape index (κ2) is 10.1. The molecule has 1 N–H and O–H groups in total. The van der Waals surface area contributed by atoms with Crippen LogP contribution in [0.3, 0.4) is 0 Å². The van der Waals surface area contributed by atoms with Gasteiger partial charge >= 0.3 is 0 Å². The van der Waals surface area contributed by atoms with Crippen molar-refractivity contribution in [3.05, 3.63) is 59.5 Å². The highest BCUT2D eigenvalue weighted by Crippen LogP contribution is 2.35. The number of hydrogen-bond donors (Lipinski definition) is 1. The van der Waals surface area contributed by atoms with Crippen LogP contribution in [0.25, 0.3) is 22.4 Å². The monoisotopic (exact) mass is 499 g/mol. The molecule has 2 aromatic heterocycles. The minimum Gasteiger partial charge on any atom is -0.449 e. The third-order valence-corrected chi connectivity index (χ3v) is 6.90. The van der Waals surface area contributed by atoms with Crippen LogP contribution in [0.2, 0.25) is 5.02 Å². The normalized spacial score (nSPS) is 12.1. The third-order valence-electron chi connectivity index (χ3n) is 5.89. The molecule has 2 heterocycles. The SMILES string of the molecule is C=CNCC(C)(C)N(CCC)C(=O)c1cc2nc(-c3ccc(Cl)c(P)c3)cc(C(C)(C)C)c2o1. The molecule has 0 fully saturated rings. The standard InChI is InChI=1S/C27H35ClN3O2P/c1-8-12-31(27(6,7)16-29-9-2)25(32)22-15-21-24(33-22)18(26(3,4)5)14-20(30-21)17-10-11-19(28)23(34)13-17/h9-11,13-15,29H,2,8,12,16,34H2,1,3-7H3. The maximum atomic E-state index is 13.6. The highest BCUT2D eigenvalue weighted by atomic mass is 35.5. The molecule has 1 aromatic carbocycles. The first kappa shape index (κ1) is 26.2. The van der Waals surface area contributed by atoms with Crippen molar-refractivity contribution in [1.82, 2.24) is 15.2 Å². The van der Waals surface area contributed by atoms with Gasteiger partial charge in [-0.1, -0.05) is 51.9 Å². The summed E-state index contributed by atoms with van der Waals surface area (Å²) in [4.78, 5) is 20.4. The lowest BCUT2D eigenvalue weighted by atomic mass is 9.86. The molecule has 1 amide bonds. The van der Waals surface area contributed by atoms with E-state index in [2.05, 4.69) is 54.9 Å². The van der Waals surface area contributed by atoms with Crippen LogP contribution >= 0.6 is 20.8 Å². The number of hydrogen-bond acceptors (Lipinski definition) is 4. The molecule has 182 valence electrons. The van der Waals surface area contributed by atoms with Crippen molar-refractivity contribution in [2.75, 3.05) is 13.1 Å². The van der Waals surface area contributed by atoms with Crippen molar-refractivity contribution >= 4 is 43.2 Å². The largest absolute Gasteiger partial charge is 0.449 e. The van der Waals surface area contributed by atoms with E-state index in [0.29, 0.717) is 35.0 Å². The van der Waals surface area contributed by atoms with Crippen molar-refractivity contribution in [3.8, 4) is 11.3 Å². The smallest absolute Gasteiger partial charge is 0.290 e. The number of carbonyl (C=O) groups is 1. The summed E-state index contributed by atoms with van der Waals surface area (Å²) in [6, 6.07) is 9.65. The van der Waals surface area contributed by atoms with E-state index in [-0.39, 0.29) is 11.3 Å². The van der Waals surface area contributed by atoms with E-state index in [0.717, 1.165) is 28.5 Å². The summed E-state index contributed by atoms with van der Waals surface area (Å²) in [6.07, 6.45) is 2.49. The van der Waals surface area contributed by atoms with Gasteiger partial charge in [0.2, 0.25) is 0 Å². The van der Waals surface area contributed by atoms with Crippen molar-refractivity contribution in [3.63, 3.8) is 0 Å². The number of furan rings is 1. The second-order valence-corrected chi connectivity index (χ2v) is 11.2. The quantitative estimate of drug-likeness (QED) is 0.369. The average molecular weight is 500 g/mol. The van der Waals surface area contributed by atoms with Crippen LogP contribution in [0.15, 0.2) is 47.5 Å². The average Bonchev–Trinajstić information content (AvgIpc) is 3.20. The molecule has 3 rings (SSSR count). The minimum absolute atomic E-state index is 0.143. The molecule has 7 heteroatoms. The number of halogens is 1. The summed E-state index contributed by atoms with van der Waals surface area (Å²) in [5.74, 6) is 0.156. The van der Waals surface area contributed by atoms with Crippen molar-refractivity contribution < 1.29 is 9.21 Å². The Kier molecular flexibility index (Phi) is 7.79. The Morgan fingerprint density at radius 1 is 1.24 bits per heavy atom. The Morgan fingerprint density at radius 2 is 1.94 bits per heavy atom. The first-order chi connectivity index (χ1) is 15.9. The Morgan fingerprint density at radius 3 is 2.53 bits per heavy atom. The number of aromatic nitrogens is 1. The van der Waals surface area contributed by atoms with E-state index in [1.165, 1.54) is 0 Å². The summed E-state index contributed by atoms with van der Waals surface area (Å²) in [5.41, 5.74) is 3.47. The molecular weight excluding hydrogens is 465 g/mol. The zero-order valence-electron chi connectivity index (χ0n) is 21.0. The summed E-state index contributed by atoms with van der Waals surface area (Å²) in [5, 5.41) is 4.74. The number of fused-ring (bicyclic) bond motifs is 1. The van der Waals surface area contributed by atoms with Gasteiger partial charge in [0.1, 0.15) is 5.52 Å². The van der Waals surface area contributed by atoms with Gasteiger partial charge in [-0.05, 0) is 55.4 Å². The number of pyridine rings is 1. The van der Waals surface area contributed by atoms with E-state index in [1.807, 2.05) is 36.9 Å². The maximum Gasteiger partial charge on any atom is 0.290 e. The Hall–Kier alpha value is -2.36. The van der Waals surface area contributed by atoms with Crippen LogP contribution in [0.5, 0.6) is 0 Å². The molecule has 34 heavy (non-hydrogen) atoms. The first-order valence-electron chi connectivity index (χ1n) is 11.6. The van der Waals surface area contributed by atoms with Gasteiger partial charge in [-0.25, -0.2) is 4.98 Å². The molecule has 5 nitrogen and oxygen atoms in total. The molecule has 0 saturated heterocycles.